The van der Waals surface area contributed by atoms with Gasteiger partial charge in [0.1, 0.15) is 0 Å². The molecule has 0 heterocycles. The van der Waals surface area contributed by atoms with E-state index in [4.69, 9.17) is 0 Å². The number of rotatable bonds is 7. The van der Waals surface area contributed by atoms with E-state index in [9.17, 15) is 4.79 Å². The smallest absolute Gasteiger partial charge is 0.241 e. The fraction of sp³-hybridized carbons (Fsp3) is 0.529. The molecule has 0 aliphatic carbocycles. The lowest BCUT2D eigenvalue weighted by molar-refractivity contribution is -0.127. The fourth-order valence-corrected chi connectivity index (χ4v) is 1.72. The van der Waals surface area contributed by atoms with E-state index in [0.717, 1.165) is 18.5 Å². The molecule has 1 aromatic rings. The molecule has 1 aromatic carbocycles. The number of carbonyl (C=O) groups is 1. The molecule has 22 heavy (non-hydrogen) atoms. The van der Waals surface area contributed by atoms with Crippen molar-refractivity contribution in [3.8, 4) is 0 Å². The number of amides is 1. The standard InChI is InChI=1S/C17H28N4O/c1-14(2)10-11-18-17(20-13-16(22)21(3)4)19-12-15-8-6-5-7-9-15/h5-9,14H,10-13H2,1-4H3,(H2,18,19,20). The van der Waals surface area contributed by atoms with Gasteiger partial charge in [0, 0.05) is 20.6 Å². The minimum atomic E-state index is 0.0260. The van der Waals surface area contributed by atoms with Crippen molar-refractivity contribution >= 4 is 11.9 Å². The quantitative estimate of drug-likeness (QED) is 0.597. The number of hydrogen-bond acceptors (Lipinski definition) is 2. The third kappa shape index (κ3) is 7.67. The molecule has 0 aromatic heterocycles. The van der Waals surface area contributed by atoms with Gasteiger partial charge in [-0.3, -0.25) is 4.79 Å². The van der Waals surface area contributed by atoms with Crippen molar-refractivity contribution in [2.75, 3.05) is 27.2 Å². The van der Waals surface area contributed by atoms with Gasteiger partial charge in [-0.25, -0.2) is 4.99 Å². The predicted octanol–water partition coefficient (Wildman–Crippen LogP) is 1.86. The summed E-state index contributed by atoms with van der Waals surface area (Å²) < 4.78 is 0. The number of benzene rings is 1. The van der Waals surface area contributed by atoms with Crippen LogP contribution < -0.4 is 10.6 Å². The third-order valence-corrected chi connectivity index (χ3v) is 3.18. The van der Waals surface area contributed by atoms with Crippen LogP contribution in [-0.4, -0.2) is 44.0 Å². The second-order valence-corrected chi connectivity index (χ2v) is 5.90. The summed E-state index contributed by atoms with van der Waals surface area (Å²) in [5, 5.41) is 6.38. The Morgan fingerprint density at radius 2 is 1.86 bits per heavy atom. The van der Waals surface area contributed by atoms with Gasteiger partial charge in [0.05, 0.1) is 13.1 Å². The first-order valence-corrected chi connectivity index (χ1v) is 7.75. The number of hydrogen-bond donors (Lipinski definition) is 2. The molecule has 0 saturated carbocycles. The summed E-state index contributed by atoms with van der Waals surface area (Å²) in [6, 6.07) is 10.1. The van der Waals surface area contributed by atoms with Crippen molar-refractivity contribution in [3.05, 3.63) is 35.9 Å². The number of likely N-dealkylation sites (N-methyl/N-ethyl adjacent to an activating group) is 1. The first-order valence-electron chi connectivity index (χ1n) is 7.75. The Hall–Kier alpha value is -2.04. The molecule has 0 radical (unpaired) electrons. The van der Waals surface area contributed by atoms with Gasteiger partial charge < -0.3 is 15.5 Å². The molecule has 0 aliphatic rings. The molecule has 1 amide bonds. The number of aliphatic imine (C=N–C) groups is 1. The number of carbonyl (C=O) groups excluding carboxylic acids is 1. The molecule has 5 nitrogen and oxygen atoms in total. The molecule has 0 spiro atoms. The van der Waals surface area contributed by atoms with Gasteiger partial charge in [-0.1, -0.05) is 44.2 Å². The lowest BCUT2D eigenvalue weighted by Crippen LogP contribution is -2.43. The van der Waals surface area contributed by atoms with Crippen LogP contribution in [0.3, 0.4) is 0 Å². The number of nitrogens with zero attached hydrogens (tertiary/aromatic N) is 2. The zero-order valence-corrected chi connectivity index (χ0v) is 14.1. The molecule has 0 bridgehead atoms. The summed E-state index contributed by atoms with van der Waals surface area (Å²) in [6.45, 7) is 6.05. The average Bonchev–Trinajstić information content (AvgIpc) is 2.49. The van der Waals surface area contributed by atoms with Crippen LogP contribution >= 0.6 is 0 Å². The van der Waals surface area contributed by atoms with E-state index >= 15 is 0 Å². The largest absolute Gasteiger partial charge is 0.356 e. The van der Waals surface area contributed by atoms with Crippen molar-refractivity contribution in [1.82, 2.24) is 15.5 Å². The van der Waals surface area contributed by atoms with Crippen molar-refractivity contribution in [1.29, 1.82) is 0 Å². The normalized spacial score (nSPS) is 11.4. The van der Waals surface area contributed by atoms with Gasteiger partial charge in [0.25, 0.3) is 0 Å². The third-order valence-electron chi connectivity index (χ3n) is 3.18. The summed E-state index contributed by atoms with van der Waals surface area (Å²) in [4.78, 5) is 17.8. The fourth-order valence-electron chi connectivity index (χ4n) is 1.72. The lowest BCUT2D eigenvalue weighted by Gasteiger charge is -2.15. The van der Waals surface area contributed by atoms with E-state index in [1.807, 2.05) is 30.3 Å². The Balaban J connectivity index is 2.57. The molecule has 2 N–H and O–H groups in total. The minimum absolute atomic E-state index is 0.0260. The Morgan fingerprint density at radius 3 is 2.45 bits per heavy atom. The molecule has 0 fully saturated rings. The maximum atomic E-state index is 11.7. The second-order valence-electron chi connectivity index (χ2n) is 5.90. The maximum absolute atomic E-state index is 11.7. The molecule has 1 rings (SSSR count). The number of guanidine groups is 1. The van der Waals surface area contributed by atoms with Crippen LogP contribution in [0, 0.1) is 5.92 Å². The van der Waals surface area contributed by atoms with Crippen LogP contribution in [0.15, 0.2) is 35.3 Å². The van der Waals surface area contributed by atoms with Crippen LogP contribution in [0.1, 0.15) is 25.8 Å². The van der Waals surface area contributed by atoms with Crippen LogP contribution in [0.25, 0.3) is 0 Å². The zero-order chi connectivity index (χ0) is 16.4. The summed E-state index contributed by atoms with van der Waals surface area (Å²) in [5.74, 6) is 1.34. The number of nitrogens with one attached hydrogen (secondary N) is 2. The van der Waals surface area contributed by atoms with Crippen molar-refractivity contribution in [3.63, 3.8) is 0 Å². The van der Waals surface area contributed by atoms with E-state index in [-0.39, 0.29) is 12.5 Å². The van der Waals surface area contributed by atoms with Crippen molar-refractivity contribution in [2.45, 2.75) is 26.8 Å². The Bertz CT molecular complexity index is 469. The lowest BCUT2D eigenvalue weighted by atomic mass is 10.1. The van der Waals surface area contributed by atoms with Crippen LogP contribution in [0.4, 0.5) is 0 Å². The minimum Gasteiger partial charge on any atom is -0.356 e. The van der Waals surface area contributed by atoms with E-state index in [2.05, 4.69) is 29.5 Å². The molecule has 0 saturated heterocycles. The highest BCUT2D eigenvalue weighted by molar-refractivity contribution is 5.86. The first-order chi connectivity index (χ1) is 10.5. The Labute approximate surface area is 133 Å². The van der Waals surface area contributed by atoms with E-state index < -0.39 is 0 Å². The van der Waals surface area contributed by atoms with Gasteiger partial charge in [0.15, 0.2) is 5.96 Å². The summed E-state index contributed by atoms with van der Waals surface area (Å²) in [6.07, 6.45) is 1.06. The Kier molecular flexibility index (Phi) is 8.04. The highest BCUT2D eigenvalue weighted by Crippen LogP contribution is 2.00. The summed E-state index contributed by atoms with van der Waals surface area (Å²) in [7, 11) is 3.49. The molecule has 0 atom stereocenters. The van der Waals surface area contributed by atoms with Crippen LogP contribution in [0.5, 0.6) is 0 Å². The van der Waals surface area contributed by atoms with Gasteiger partial charge in [-0.05, 0) is 17.9 Å². The van der Waals surface area contributed by atoms with Gasteiger partial charge in [-0.2, -0.15) is 0 Å². The molecule has 0 aliphatic heterocycles. The van der Waals surface area contributed by atoms with Gasteiger partial charge in [-0.15, -0.1) is 0 Å². The molecular formula is C17H28N4O. The van der Waals surface area contributed by atoms with E-state index in [0.29, 0.717) is 18.4 Å². The maximum Gasteiger partial charge on any atom is 0.241 e. The zero-order valence-electron chi connectivity index (χ0n) is 14.1. The monoisotopic (exact) mass is 304 g/mol. The summed E-state index contributed by atoms with van der Waals surface area (Å²) in [5.41, 5.74) is 1.14. The molecule has 122 valence electrons. The molecule has 0 unspecified atom stereocenters. The van der Waals surface area contributed by atoms with Crippen LogP contribution in [0.2, 0.25) is 0 Å². The van der Waals surface area contributed by atoms with E-state index in [1.54, 1.807) is 19.0 Å². The van der Waals surface area contributed by atoms with Gasteiger partial charge >= 0.3 is 0 Å². The van der Waals surface area contributed by atoms with Crippen LogP contribution in [-0.2, 0) is 11.3 Å². The van der Waals surface area contributed by atoms with Crippen molar-refractivity contribution < 1.29 is 4.79 Å². The SMILES string of the molecule is CC(C)CCNC(=NCc1ccccc1)NCC(=O)N(C)C. The van der Waals surface area contributed by atoms with Crippen molar-refractivity contribution in [2.24, 2.45) is 10.9 Å². The highest BCUT2D eigenvalue weighted by atomic mass is 16.2. The topological polar surface area (TPSA) is 56.7 Å². The molecule has 5 heteroatoms. The average molecular weight is 304 g/mol. The summed E-state index contributed by atoms with van der Waals surface area (Å²) >= 11 is 0. The Morgan fingerprint density at radius 1 is 1.18 bits per heavy atom. The first kappa shape index (κ1) is 18.0. The predicted molar refractivity (Wildman–Crippen MR) is 91.7 cm³/mol. The van der Waals surface area contributed by atoms with Gasteiger partial charge in [0.2, 0.25) is 5.91 Å². The highest BCUT2D eigenvalue weighted by Gasteiger charge is 2.06. The molecular weight excluding hydrogens is 276 g/mol. The second kappa shape index (κ2) is 9.82. The van der Waals surface area contributed by atoms with E-state index in [1.165, 1.54) is 0 Å².